The van der Waals surface area contributed by atoms with E-state index in [4.69, 9.17) is 0 Å². The van der Waals surface area contributed by atoms with Crippen molar-refractivity contribution in [2.24, 2.45) is 0 Å². The Morgan fingerprint density at radius 1 is 1.00 bits per heavy atom. The van der Waals surface area contributed by atoms with Crippen LogP contribution in [0.15, 0.2) is 48.5 Å². The van der Waals surface area contributed by atoms with E-state index >= 15 is 0 Å². The molecule has 0 unspecified atom stereocenters. The average Bonchev–Trinajstić information content (AvgIpc) is 2.59. The van der Waals surface area contributed by atoms with Gasteiger partial charge in [-0.15, -0.1) is 0 Å². The van der Waals surface area contributed by atoms with Gasteiger partial charge < -0.3 is 10.2 Å². The van der Waals surface area contributed by atoms with Crippen molar-refractivity contribution in [3.63, 3.8) is 0 Å². The fraction of sp³-hybridized carbons (Fsp3) is 0.333. The second-order valence-corrected chi connectivity index (χ2v) is 6.58. The molecule has 0 aliphatic carbocycles. The lowest BCUT2D eigenvalue weighted by molar-refractivity contribution is -0.133. The number of anilines is 1. The summed E-state index contributed by atoms with van der Waals surface area (Å²) in [4.78, 5) is 26.2. The highest BCUT2D eigenvalue weighted by Crippen LogP contribution is 2.20. The van der Waals surface area contributed by atoms with Gasteiger partial charge in [0.15, 0.2) is 0 Å². The van der Waals surface area contributed by atoms with Crippen molar-refractivity contribution in [1.82, 2.24) is 4.90 Å². The molecule has 0 fully saturated rings. The molecule has 2 amide bonds. The van der Waals surface area contributed by atoms with Gasteiger partial charge in [0, 0.05) is 19.2 Å². The number of nitrogens with zero attached hydrogens (tertiary/aromatic N) is 1. The largest absolute Gasteiger partial charge is 0.336 e. The van der Waals surface area contributed by atoms with E-state index in [1.54, 1.807) is 7.05 Å². The molecule has 4 heteroatoms. The van der Waals surface area contributed by atoms with Crippen molar-refractivity contribution in [2.75, 3.05) is 18.9 Å². The number of likely N-dealkylation sites (N-methyl/N-ethyl adjacent to an activating group) is 1. The first-order valence-corrected chi connectivity index (χ1v) is 8.53. The van der Waals surface area contributed by atoms with E-state index in [2.05, 4.69) is 5.32 Å². The molecule has 0 radical (unpaired) electrons. The summed E-state index contributed by atoms with van der Waals surface area (Å²) in [7, 11) is 1.67. The summed E-state index contributed by atoms with van der Waals surface area (Å²) in [5.41, 5.74) is 3.98. The fourth-order valence-corrected chi connectivity index (χ4v) is 2.81. The summed E-state index contributed by atoms with van der Waals surface area (Å²) in [6.45, 7) is 5.99. The molecule has 2 aromatic carbocycles. The average molecular weight is 338 g/mol. The maximum Gasteiger partial charge on any atom is 0.243 e. The monoisotopic (exact) mass is 338 g/mol. The van der Waals surface area contributed by atoms with Crippen LogP contribution >= 0.6 is 0 Å². The zero-order chi connectivity index (χ0) is 18.4. The first-order valence-electron chi connectivity index (χ1n) is 8.53. The minimum absolute atomic E-state index is 0.0343. The van der Waals surface area contributed by atoms with Crippen LogP contribution in [0.3, 0.4) is 0 Å². The Morgan fingerprint density at radius 2 is 1.60 bits per heavy atom. The molecule has 25 heavy (non-hydrogen) atoms. The standard InChI is InChI=1S/C21H26N2O2/c1-15-9-8-10-16(2)21(15)22-19(24)14-23(4)20(25)13-17(3)18-11-6-5-7-12-18/h5-12,17H,13-14H2,1-4H3,(H,22,24)/t17-/m1/s1. The van der Waals surface area contributed by atoms with Gasteiger partial charge in [0.25, 0.3) is 0 Å². The van der Waals surface area contributed by atoms with E-state index in [0.717, 1.165) is 22.4 Å². The van der Waals surface area contributed by atoms with Crippen molar-refractivity contribution >= 4 is 17.5 Å². The smallest absolute Gasteiger partial charge is 0.243 e. The first-order chi connectivity index (χ1) is 11.9. The minimum atomic E-state index is -0.180. The van der Waals surface area contributed by atoms with Gasteiger partial charge in [0.05, 0.1) is 6.54 Å². The summed E-state index contributed by atoms with van der Waals surface area (Å²) in [6, 6.07) is 15.8. The molecule has 0 aliphatic heterocycles. The summed E-state index contributed by atoms with van der Waals surface area (Å²) in [5.74, 6) is -0.0913. The minimum Gasteiger partial charge on any atom is -0.336 e. The molecule has 0 spiro atoms. The molecule has 1 atom stereocenters. The Balaban J connectivity index is 1.91. The van der Waals surface area contributed by atoms with Gasteiger partial charge in [0.1, 0.15) is 0 Å². The molecule has 0 bridgehead atoms. The Morgan fingerprint density at radius 3 is 2.20 bits per heavy atom. The number of nitrogens with one attached hydrogen (secondary N) is 1. The molecule has 4 nitrogen and oxygen atoms in total. The third-order valence-corrected chi connectivity index (χ3v) is 4.40. The third kappa shape index (κ3) is 5.18. The summed E-state index contributed by atoms with van der Waals surface area (Å²) in [5, 5.41) is 2.92. The zero-order valence-electron chi connectivity index (χ0n) is 15.4. The highest BCUT2D eigenvalue weighted by atomic mass is 16.2. The number of hydrogen-bond acceptors (Lipinski definition) is 2. The van der Waals surface area contributed by atoms with Crippen LogP contribution in [0.25, 0.3) is 0 Å². The van der Waals surface area contributed by atoms with Gasteiger partial charge in [-0.2, -0.15) is 0 Å². The van der Waals surface area contributed by atoms with E-state index in [-0.39, 0.29) is 24.3 Å². The second-order valence-electron chi connectivity index (χ2n) is 6.58. The van der Waals surface area contributed by atoms with Gasteiger partial charge in [-0.25, -0.2) is 0 Å². The van der Waals surface area contributed by atoms with Crippen LogP contribution < -0.4 is 5.32 Å². The van der Waals surface area contributed by atoms with E-state index < -0.39 is 0 Å². The number of aryl methyl sites for hydroxylation is 2. The van der Waals surface area contributed by atoms with Crippen LogP contribution in [-0.4, -0.2) is 30.3 Å². The van der Waals surface area contributed by atoms with Gasteiger partial charge >= 0.3 is 0 Å². The van der Waals surface area contributed by atoms with E-state index in [0.29, 0.717) is 6.42 Å². The Kier molecular flexibility index (Phi) is 6.34. The van der Waals surface area contributed by atoms with E-state index in [1.165, 1.54) is 4.90 Å². The normalized spacial score (nSPS) is 11.7. The van der Waals surface area contributed by atoms with Gasteiger partial charge in [0.2, 0.25) is 11.8 Å². The molecule has 2 rings (SSSR count). The number of carbonyl (C=O) groups is 2. The topological polar surface area (TPSA) is 49.4 Å². The summed E-state index contributed by atoms with van der Waals surface area (Å²) < 4.78 is 0. The van der Waals surface area contributed by atoms with E-state index in [9.17, 15) is 9.59 Å². The van der Waals surface area contributed by atoms with Crippen LogP contribution in [0, 0.1) is 13.8 Å². The Labute approximate surface area is 149 Å². The number of amides is 2. The molecule has 0 aromatic heterocycles. The van der Waals surface area contributed by atoms with Crippen molar-refractivity contribution in [3.05, 3.63) is 65.2 Å². The Bertz CT molecular complexity index is 721. The number of rotatable bonds is 6. The first kappa shape index (κ1) is 18.7. The van der Waals surface area contributed by atoms with Gasteiger partial charge in [-0.05, 0) is 36.5 Å². The maximum absolute atomic E-state index is 12.4. The van der Waals surface area contributed by atoms with Crippen molar-refractivity contribution in [1.29, 1.82) is 0 Å². The maximum atomic E-state index is 12.4. The van der Waals surface area contributed by atoms with Gasteiger partial charge in [-0.1, -0.05) is 55.5 Å². The second kappa shape index (κ2) is 8.47. The SMILES string of the molecule is Cc1cccc(C)c1NC(=O)CN(C)C(=O)C[C@@H](C)c1ccccc1. The predicted molar refractivity (Wildman–Crippen MR) is 102 cm³/mol. The zero-order valence-corrected chi connectivity index (χ0v) is 15.4. The molecule has 0 heterocycles. The van der Waals surface area contributed by atoms with Crippen LogP contribution in [0.4, 0.5) is 5.69 Å². The fourth-order valence-electron chi connectivity index (χ4n) is 2.81. The number of para-hydroxylation sites is 1. The molecule has 132 valence electrons. The summed E-state index contributed by atoms with van der Waals surface area (Å²) in [6.07, 6.45) is 0.386. The quantitative estimate of drug-likeness (QED) is 0.868. The lowest BCUT2D eigenvalue weighted by Gasteiger charge is -2.20. The van der Waals surface area contributed by atoms with Crippen molar-refractivity contribution in [2.45, 2.75) is 33.1 Å². The number of benzene rings is 2. The van der Waals surface area contributed by atoms with Gasteiger partial charge in [-0.3, -0.25) is 9.59 Å². The molecule has 0 saturated heterocycles. The molecular weight excluding hydrogens is 312 g/mol. The molecule has 0 saturated carbocycles. The number of carbonyl (C=O) groups excluding carboxylic acids is 2. The van der Waals surface area contributed by atoms with Crippen LogP contribution in [-0.2, 0) is 9.59 Å². The van der Waals surface area contributed by atoms with E-state index in [1.807, 2.05) is 69.3 Å². The summed E-state index contributed by atoms with van der Waals surface area (Å²) >= 11 is 0. The lowest BCUT2D eigenvalue weighted by atomic mass is 9.97. The highest BCUT2D eigenvalue weighted by Gasteiger charge is 2.17. The van der Waals surface area contributed by atoms with Crippen LogP contribution in [0.2, 0.25) is 0 Å². The van der Waals surface area contributed by atoms with Crippen LogP contribution in [0.5, 0.6) is 0 Å². The Hall–Kier alpha value is -2.62. The van der Waals surface area contributed by atoms with Crippen LogP contribution in [0.1, 0.15) is 36.0 Å². The third-order valence-electron chi connectivity index (χ3n) is 4.40. The molecule has 2 aromatic rings. The molecule has 0 aliphatic rings. The molecule has 1 N–H and O–H groups in total. The van der Waals surface area contributed by atoms with Crippen molar-refractivity contribution < 1.29 is 9.59 Å². The highest BCUT2D eigenvalue weighted by molar-refractivity contribution is 5.95. The molecular formula is C21H26N2O2. The lowest BCUT2D eigenvalue weighted by Crippen LogP contribution is -2.35. The predicted octanol–water partition coefficient (Wildman–Crippen LogP) is 3.89. The van der Waals surface area contributed by atoms with Crippen molar-refractivity contribution in [3.8, 4) is 0 Å². The number of hydrogen-bond donors (Lipinski definition) is 1.